The molecule has 7 heteroatoms. The fourth-order valence-electron chi connectivity index (χ4n) is 2.64. The lowest BCUT2D eigenvalue weighted by Gasteiger charge is -2.08. The van der Waals surface area contributed by atoms with Gasteiger partial charge in [-0.15, -0.1) is 0 Å². The highest BCUT2D eigenvalue weighted by molar-refractivity contribution is 5.88. The predicted molar refractivity (Wildman–Crippen MR) is 105 cm³/mol. The zero-order valence-electron chi connectivity index (χ0n) is 15.5. The molecule has 0 aliphatic heterocycles. The second-order valence-electron chi connectivity index (χ2n) is 6.27. The van der Waals surface area contributed by atoms with Crippen molar-refractivity contribution in [3.05, 3.63) is 94.8 Å². The Hall–Kier alpha value is -4.10. The number of nitriles is 2. The van der Waals surface area contributed by atoms with E-state index in [9.17, 15) is 18.4 Å². The average Bonchev–Trinajstić information content (AvgIpc) is 2.76. The summed E-state index contributed by atoms with van der Waals surface area (Å²) in [6.45, 7) is 0.258. The number of ether oxygens (including phenoxy) is 1. The number of benzene rings is 2. The molecule has 0 aliphatic rings. The number of alkyl halides is 3. The minimum absolute atomic E-state index is 0.127. The number of allylic oxidation sites excluding steroid dienone is 1. The Kier molecular flexibility index (Phi) is 6.14. The Labute approximate surface area is 171 Å². The molecule has 3 aromatic rings. The van der Waals surface area contributed by atoms with Crippen LogP contribution in [0, 0.1) is 22.7 Å². The Balaban J connectivity index is 1.77. The van der Waals surface area contributed by atoms with E-state index in [1.165, 1.54) is 12.1 Å². The summed E-state index contributed by atoms with van der Waals surface area (Å²) in [4.78, 5) is 3.76. The van der Waals surface area contributed by atoms with E-state index in [-0.39, 0.29) is 17.9 Å². The Morgan fingerprint density at radius 2 is 1.83 bits per heavy atom. The smallest absolute Gasteiger partial charge is 0.417 e. The van der Waals surface area contributed by atoms with Crippen LogP contribution in [0.4, 0.5) is 13.2 Å². The summed E-state index contributed by atoms with van der Waals surface area (Å²) < 4.78 is 43.8. The molecule has 0 unspecified atom stereocenters. The van der Waals surface area contributed by atoms with Crippen LogP contribution < -0.4 is 4.74 Å². The van der Waals surface area contributed by atoms with Gasteiger partial charge in [-0.1, -0.05) is 24.3 Å². The average molecular weight is 405 g/mol. The number of pyridine rings is 1. The molecule has 4 nitrogen and oxygen atoms in total. The van der Waals surface area contributed by atoms with Gasteiger partial charge in [-0.2, -0.15) is 23.7 Å². The zero-order valence-corrected chi connectivity index (χ0v) is 15.5. The standard InChI is InChI=1S/C23H14F3N3O/c24-23(25,26)20-7-8-22(29-14-20)19(13-28)10-16-3-2-6-21(11-16)30-15-18-5-1-4-17(9-18)12-27/h1-11,14H,15H2. The van der Waals surface area contributed by atoms with Crippen molar-refractivity contribution in [2.75, 3.05) is 0 Å². The van der Waals surface area contributed by atoms with Crippen molar-refractivity contribution in [3.8, 4) is 17.9 Å². The summed E-state index contributed by atoms with van der Waals surface area (Å²) in [6.07, 6.45) is -2.26. The molecular formula is C23H14F3N3O. The van der Waals surface area contributed by atoms with Crippen LogP contribution in [0.25, 0.3) is 11.6 Å². The van der Waals surface area contributed by atoms with Crippen LogP contribution in [0.15, 0.2) is 66.9 Å². The molecule has 0 aliphatic carbocycles. The van der Waals surface area contributed by atoms with Crippen LogP contribution in [0.3, 0.4) is 0 Å². The van der Waals surface area contributed by atoms with Crippen LogP contribution in [0.2, 0.25) is 0 Å². The third kappa shape index (κ3) is 5.24. The number of nitrogens with zero attached hydrogens (tertiary/aromatic N) is 3. The van der Waals surface area contributed by atoms with Crippen LogP contribution in [0.1, 0.15) is 27.9 Å². The normalized spacial score (nSPS) is 11.4. The Morgan fingerprint density at radius 1 is 1.03 bits per heavy atom. The number of rotatable bonds is 5. The Bertz CT molecular complexity index is 1150. The van der Waals surface area contributed by atoms with Gasteiger partial charge < -0.3 is 4.74 Å². The summed E-state index contributed by atoms with van der Waals surface area (Å²) in [5, 5.41) is 18.4. The minimum Gasteiger partial charge on any atom is -0.489 e. The lowest BCUT2D eigenvalue weighted by Crippen LogP contribution is -2.05. The molecule has 2 aromatic carbocycles. The molecule has 1 heterocycles. The van der Waals surface area contributed by atoms with Crippen LogP contribution in [-0.4, -0.2) is 4.98 Å². The molecule has 0 atom stereocenters. The molecule has 3 rings (SSSR count). The monoisotopic (exact) mass is 405 g/mol. The highest BCUT2D eigenvalue weighted by atomic mass is 19.4. The molecular weight excluding hydrogens is 391 g/mol. The quantitative estimate of drug-likeness (QED) is 0.517. The molecule has 0 amide bonds. The molecule has 0 fully saturated rings. The maximum atomic E-state index is 12.7. The third-order valence-corrected chi connectivity index (χ3v) is 4.12. The summed E-state index contributed by atoms with van der Waals surface area (Å²) in [7, 11) is 0. The van der Waals surface area contributed by atoms with Gasteiger partial charge in [0.05, 0.1) is 28.5 Å². The summed E-state index contributed by atoms with van der Waals surface area (Å²) >= 11 is 0. The van der Waals surface area contributed by atoms with E-state index in [0.717, 1.165) is 11.6 Å². The van der Waals surface area contributed by atoms with Gasteiger partial charge in [-0.3, -0.25) is 4.98 Å². The van der Waals surface area contributed by atoms with Gasteiger partial charge in [0.1, 0.15) is 18.4 Å². The van der Waals surface area contributed by atoms with Crippen molar-refractivity contribution in [1.29, 1.82) is 10.5 Å². The Morgan fingerprint density at radius 3 is 2.50 bits per heavy atom. The van der Waals surface area contributed by atoms with Crippen molar-refractivity contribution in [1.82, 2.24) is 4.98 Å². The third-order valence-electron chi connectivity index (χ3n) is 4.12. The van der Waals surface area contributed by atoms with Gasteiger partial charge in [-0.05, 0) is 53.6 Å². The van der Waals surface area contributed by atoms with Gasteiger partial charge in [0, 0.05) is 6.20 Å². The number of hydrogen-bond acceptors (Lipinski definition) is 4. The molecule has 148 valence electrons. The topological polar surface area (TPSA) is 69.7 Å². The fraction of sp³-hybridized carbons (Fsp3) is 0.0870. The fourth-order valence-corrected chi connectivity index (χ4v) is 2.64. The van der Waals surface area contributed by atoms with Gasteiger partial charge in [0.15, 0.2) is 0 Å². The first-order chi connectivity index (χ1) is 14.4. The maximum Gasteiger partial charge on any atom is 0.417 e. The lowest BCUT2D eigenvalue weighted by atomic mass is 10.1. The first kappa shape index (κ1) is 20.6. The highest BCUT2D eigenvalue weighted by Crippen LogP contribution is 2.29. The summed E-state index contributed by atoms with van der Waals surface area (Å²) in [6, 6.07) is 20.1. The molecule has 1 aromatic heterocycles. The molecule has 30 heavy (non-hydrogen) atoms. The van der Waals surface area contributed by atoms with Crippen molar-refractivity contribution >= 4 is 11.6 Å². The predicted octanol–water partition coefficient (Wildman–Crippen LogP) is 5.62. The first-order valence-corrected chi connectivity index (χ1v) is 8.76. The van der Waals surface area contributed by atoms with E-state index >= 15 is 0 Å². The first-order valence-electron chi connectivity index (χ1n) is 8.76. The molecule has 0 saturated carbocycles. The van der Waals surface area contributed by atoms with E-state index in [2.05, 4.69) is 11.1 Å². The number of hydrogen-bond donors (Lipinski definition) is 0. The SMILES string of the molecule is N#CC(=Cc1cccc(OCc2cccc(C#N)c2)c1)c1ccc(C(F)(F)F)cn1. The van der Waals surface area contributed by atoms with Crippen LogP contribution >= 0.6 is 0 Å². The van der Waals surface area contributed by atoms with Crippen LogP contribution in [0.5, 0.6) is 5.75 Å². The molecule has 0 spiro atoms. The zero-order chi connectivity index (χ0) is 21.6. The van der Waals surface area contributed by atoms with E-state index < -0.39 is 11.7 Å². The lowest BCUT2D eigenvalue weighted by molar-refractivity contribution is -0.137. The van der Waals surface area contributed by atoms with Crippen molar-refractivity contribution in [3.63, 3.8) is 0 Å². The highest BCUT2D eigenvalue weighted by Gasteiger charge is 2.30. The summed E-state index contributed by atoms with van der Waals surface area (Å²) in [5.41, 5.74) is 1.40. The van der Waals surface area contributed by atoms with Gasteiger partial charge in [0.25, 0.3) is 0 Å². The number of halogens is 3. The van der Waals surface area contributed by atoms with Gasteiger partial charge in [0.2, 0.25) is 0 Å². The molecule has 0 saturated heterocycles. The van der Waals surface area contributed by atoms with E-state index in [1.807, 2.05) is 12.1 Å². The minimum atomic E-state index is -4.49. The van der Waals surface area contributed by atoms with E-state index in [4.69, 9.17) is 10.00 Å². The number of aromatic nitrogens is 1. The summed E-state index contributed by atoms with van der Waals surface area (Å²) in [5.74, 6) is 0.545. The largest absolute Gasteiger partial charge is 0.489 e. The molecule has 0 radical (unpaired) electrons. The second-order valence-corrected chi connectivity index (χ2v) is 6.27. The maximum absolute atomic E-state index is 12.7. The molecule has 0 bridgehead atoms. The molecule has 0 N–H and O–H groups in total. The van der Waals surface area contributed by atoms with Crippen molar-refractivity contribution in [2.24, 2.45) is 0 Å². The van der Waals surface area contributed by atoms with Crippen molar-refractivity contribution < 1.29 is 17.9 Å². The van der Waals surface area contributed by atoms with E-state index in [0.29, 0.717) is 23.1 Å². The van der Waals surface area contributed by atoms with E-state index in [1.54, 1.807) is 42.5 Å². The van der Waals surface area contributed by atoms with Gasteiger partial charge >= 0.3 is 6.18 Å². The second kappa shape index (κ2) is 8.93. The van der Waals surface area contributed by atoms with Crippen LogP contribution in [-0.2, 0) is 12.8 Å². The van der Waals surface area contributed by atoms with Crippen molar-refractivity contribution in [2.45, 2.75) is 12.8 Å². The van der Waals surface area contributed by atoms with Gasteiger partial charge in [-0.25, -0.2) is 0 Å².